The summed E-state index contributed by atoms with van der Waals surface area (Å²) in [6, 6.07) is 11.9. The van der Waals surface area contributed by atoms with E-state index >= 15 is 0 Å². The number of benzene rings is 2. The molecule has 0 aliphatic rings. The zero-order chi connectivity index (χ0) is 26.9. The lowest BCUT2D eigenvalue weighted by Gasteiger charge is -2.21. The van der Waals surface area contributed by atoms with Crippen LogP contribution in [0.25, 0.3) is 11.1 Å². The molecule has 0 amide bonds. The van der Waals surface area contributed by atoms with Gasteiger partial charge < -0.3 is 18.9 Å². The van der Waals surface area contributed by atoms with E-state index in [0.717, 1.165) is 47.9 Å². The molecule has 2 aromatic carbocycles. The molecule has 0 radical (unpaired) electrons. The molecule has 0 aromatic heterocycles. The van der Waals surface area contributed by atoms with Gasteiger partial charge >= 0.3 is 11.9 Å². The van der Waals surface area contributed by atoms with Gasteiger partial charge in [0.1, 0.15) is 11.5 Å². The van der Waals surface area contributed by atoms with Gasteiger partial charge in [-0.25, -0.2) is 0 Å². The number of esters is 2. The molecule has 0 heterocycles. The van der Waals surface area contributed by atoms with Gasteiger partial charge in [0.05, 0.1) is 16.4 Å². The van der Waals surface area contributed by atoms with Gasteiger partial charge in [0.25, 0.3) is 0 Å². The molecule has 2 aromatic rings. The average Bonchev–Trinajstić information content (AvgIpc) is 2.77. The van der Waals surface area contributed by atoms with E-state index in [1.165, 1.54) is 0 Å². The molecule has 0 aliphatic heterocycles. The predicted molar refractivity (Wildman–Crippen MR) is 142 cm³/mol. The number of unbranched alkanes of at least 4 members (excludes halogenated alkanes) is 2. The fourth-order valence-corrected chi connectivity index (χ4v) is 3.41. The van der Waals surface area contributed by atoms with Crippen LogP contribution in [0.3, 0.4) is 0 Å². The summed E-state index contributed by atoms with van der Waals surface area (Å²) in [5, 5.41) is 0. The predicted octanol–water partition coefficient (Wildman–Crippen LogP) is 7.25. The molecule has 0 spiro atoms. The summed E-state index contributed by atoms with van der Waals surface area (Å²) in [6.45, 7) is 14.5. The number of ether oxygens (including phenoxy) is 4. The molecule has 0 atom stereocenters. The van der Waals surface area contributed by atoms with Crippen molar-refractivity contribution in [3.8, 4) is 22.6 Å². The van der Waals surface area contributed by atoms with Crippen LogP contribution in [0.5, 0.6) is 11.5 Å². The molecule has 6 heteroatoms. The van der Waals surface area contributed by atoms with E-state index in [9.17, 15) is 9.59 Å². The van der Waals surface area contributed by atoms with Crippen LogP contribution in [0.1, 0.15) is 78.9 Å². The van der Waals surface area contributed by atoms with Gasteiger partial charge in [-0.05, 0) is 84.6 Å². The molecule has 0 aliphatic carbocycles. The SMILES string of the molecule is CCCCCc1cc(OCOC(=O)C(C)(C)C)c(-c2cccc(C)c2)c(OCOC(=O)C(C)(C)C)c1. The van der Waals surface area contributed by atoms with Crippen molar-refractivity contribution in [3.63, 3.8) is 0 Å². The summed E-state index contributed by atoms with van der Waals surface area (Å²) in [7, 11) is 0. The second-order valence-corrected chi connectivity index (χ2v) is 11.2. The Morgan fingerprint density at radius 3 is 1.75 bits per heavy atom. The molecule has 36 heavy (non-hydrogen) atoms. The third kappa shape index (κ3) is 8.89. The van der Waals surface area contributed by atoms with E-state index < -0.39 is 10.8 Å². The topological polar surface area (TPSA) is 71.1 Å². The molecule has 0 saturated heterocycles. The van der Waals surface area contributed by atoms with Crippen LogP contribution in [0, 0.1) is 17.8 Å². The molecule has 0 saturated carbocycles. The van der Waals surface area contributed by atoms with Crippen LogP contribution < -0.4 is 9.47 Å². The van der Waals surface area contributed by atoms with Crippen LogP contribution in [0.2, 0.25) is 0 Å². The van der Waals surface area contributed by atoms with Gasteiger partial charge in [-0.3, -0.25) is 9.59 Å². The van der Waals surface area contributed by atoms with Crippen LogP contribution in [0.15, 0.2) is 36.4 Å². The summed E-state index contributed by atoms with van der Waals surface area (Å²) in [4.78, 5) is 24.5. The van der Waals surface area contributed by atoms with Crippen LogP contribution >= 0.6 is 0 Å². The fraction of sp³-hybridized carbons (Fsp3) is 0.533. The molecule has 0 fully saturated rings. The molecular formula is C30H42O6. The van der Waals surface area contributed by atoms with Crippen molar-refractivity contribution >= 4 is 11.9 Å². The number of rotatable bonds is 11. The van der Waals surface area contributed by atoms with Crippen molar-refractivity contribution < 1.29 is 28.5 Å². The summed E-state index contributed by atoms with van der Waals surface area (Å²) < 4.78 is 22.8. The normalized spacial score (nSPS) is 11.7. The minimum Gasteiger partial charge on any atom is -0.457 e. The Balaban J connectivity index is 2.44. The van der Waals surface area contributed by atoms with Crippen molar-refractivity contribution in [2.24, 2.45) is 10.8 Å². The number of hydrogen-bond donors (Lipinski definition) is 0. The van der Waals surface area contributed by atoms with E-state index in [0.29, 0.717) is 11.5 Å². The molecule has 198 valence electrons. The molecule has 0 N–H and O–H groups in total. The maximum absolute atomic E-state index is 12.3. The lowest BCUT2D eigenvalue weighted by atomic mass is 9.97. The standard InChI is InChI=1S/C30H42O6/c1-9-10-11-14-22-17-24(33-19-35-27(31)29(3,4)5)26(23-15-12-13-21(2)16-23)25(18-22)34-20-36-28(32)30(6,7)8/h12-13,15-18H,9-11,14,19-20H2,1-8H3. The van der Waals surface area contributed by atoms with Gasteiger partial charge in [0.2, 0.25) is 13.6 Å². The Bertz CT molecular complexity index is 973. The highest BCUT2D eigenvalue weighted by atomic mass is 16.7. The van der Waals surface area contributed by atoms with Crippen molar-refractivity contribution in [1.29, 1.82) is 0 Å². The Morgan fingerprint density at radius 2 is 1.31 bits per heavy atom. The first-order chi connectivity index (χ1) is 16.8. The van der Waals surface area contributed by atoms with E-state index in [4.69, 9.17) is 18.9 Å². The lowest BCUT2D eigenvalue weighted by molar-refractivity contribution is -0.160. The zero-order valence-electron chi connectivity index (χ0n) is 23.2. The van der Waals surface area contributed by atoms with Crippen LogP contribution in [-0.2, 0) is 25.5 Å². The minimum absolute atomic E-state index is 0.216. The maximum atomic E-state index is 12.3. The third-order valence-electron chi connectivity index (χ3n) is 5.54. The largest absolute Gasteiger partial charge is 0.457 e. The van der Waals surface area contributed by atoms with Crippen molar-refractivity contribution in [3.05, 3.63) is 47.5 Å². The van der Waals surface area contributed by atoms with Crippen molar-refractivity contribution in [2.45, 2.75) is 81.1 Å². The van der Waals surface area contributed by atoms with Gasteiger partial charge in [-0.2, -0.15) is 0 Å². The molecule has 0 unspecified atom stereocenters. The van der Waals surface area contributed by atoms with Gasteiger partial charge in [-0.15, -0.1) is 0 Å². The van der Waals surface area contributed by atoms with E-state index in [1.807, 2.05) is 43.3 Å². The van der Waals surface area contributed by atoms with Gasteiger partial charge in [0.15, 0.2) is 0 Å². The molecule has 2 rings (SSSR count). The van der Waals surface area contributed by atoms with Crippen LogP contribution in [-0.4, -0.2) is 25.5 Å². The summed E-state index contributed by atoms with van der Waals surface area (Å²) in [5.74, 6) is 0.412. The first-order valence-electron chi connectivity index (χ1n) is 12.7. The first kappa shape index (κ1) is 29.2. The number of carbonyl (C=O) groups is 2. The maximum Gasteiger partial charge on any atom is 0.314 e. The van der Waals surface area contributed by atoms with Gasteiger partial charge in [-0.1, -0.05) is 49.6 Å². The van der Waals surface area contributed by atoms with E-state index in [2.05, 4.69) is 6.92 Å². The Kier molecular flexibility index (Phi) is 10.4. The third-order valence-corrected chi connectivity index (χ3v) is 5.54. The molecule has 6 nitrogen and oxygen atoms in total. The first-order valence-corrected chi connectivity index (χ1v) is 12.7. The second kappa shape index (κ2) is 12.8. The van der Waals surface area contributed by atoms with Crippen LogP contribution in [0.4, 0.5) is 0 Å². The Labute approximate surface area is 216 Å². The highest BCUT2D eigenvalue weighted by Gasteiger charge is 2.25. The monoisotopic (exact) mass is 498 g/mol. The quantitative estimate of drug-likeness (QED) is 0.185. The zero-order valence-corrected chi connectivity index (χ0v) is 23.2. The fourth-order valence-electron chi connectivity index (χ4n) is 3.41. The number of hydrogen-bond acceptors (Lipinski definition) is 6. The highest BCUT2D eigenvalue weighted by molar-refractivity contribution is 5.78. The Morgan fingerprint density at radius 1 is 0.778 bits per heavy atom. The van der Waals surface area contributed by atoms with E-state index in [1.54, 1.807) is 41.5 Å². The highest BCUT2D eigenvalue weighted by Crippen LogP contribution is 2.41. The molecular weight excluding hydrogens is 456 g/mol. The van der Waals surface area contributed by atoms with Crippen molar-refractivity contribution in [1.82, 2.24) is 0 Å². The smallest absolute Gasteiger partial charge is 0.314 e. The summed E-state index contributed by atoms with van der Waals surface area (Å²) in [5.41, 5.74) is 2.47. The number of carbonyl (C=O) groups excluding carboxylic acids is 2. The number of aryl methyl sites for hydroxylation is 2. The van der Waals surface area contributed by atoms with Crippen molar-refractivity contribution in [2.75, 3.05) is 13.6 Å². The minimum atomic E-state index is -0.629. The molecule has 0 bridgehead atoms. The Hall–Kier alpha value is -3.02. The average molecular weight is 499 g/mol. The lowest BCUT2D eigenvalue weighted by Crippen LogP contribution is -2.25. The van der Waals surface area contributed by atoms with E-state index in [-0.39, 0.29) is 25.5 Å². The summed E-state index contributed by atoms with van der Waals surface area (Å²) >= 11 is 0. The van der Waals surface area contributed by atoms with Gasteiger partial charge in [0, 0.05) is 0 Å². The second-order valence-electron chi connectivity index (χ2n) is 11.2. The summed E-state index contributed by atoms with van der Waals surface area (Å²) in [6.07, 6.45) is 4.09.